The zero-order valence-electron chi connectivity index (χ0n) is 16.2. The number of thiocarbonyl (C=S) groups is 1. The average Bonchev–Trinajstić information content (AvgIpc) is 3.38. The molecule has 0 unspecified atom stereocenters. The van der Waals surface area contributed by atoms with Crippen LogP contribution in [-0.2, 0) is 14.6 Å². The van der Waals surface area contributed by atoms with E-state index in [1.165, 1.54) is 0 Å². The van der Waals surface area contributed by atoms with Crippen LogP contribution in [0, 0.1) is 12.3 Å². The summed E-state index contributed by atoms with van der Waals surface area (Å²) in [5.74, 6) is 0.335. The highest BCUT2D eigenvalue weighted by Crippen LogP contribution is 2.64. The molecule has 2 aromatic rings. The van der Waals surface area contributed by atoms with Gasteiger partial charge >= 0.3 is 0 Å². The molecule has 0 aliphatic heterocycles. The van der Waals surface area contributed by atoms with E-state index in [-0.39, 0.29) is 22.4 Å². The van der Waals surface area contributed by atoms with Crippen LogP contribution in [0.25, 0.3) is 0 Å². The first-order valence-electron chi connectivity index (χ1n) is 9.11. The standard InChI is InChI=1S/C21H25NO4S2/c1-4-26-13-21(20(22)27)18(15-7-9-16(25-3)10-8-15)19(21)28(23,24)17-11-5-14(2)6-12-17/h5-12,18-19H,4,13H2,1-3H3,(H2,22,27)/t18-,19+,21+/m1/s1. The smallest absolute Gasteiger partial charge is 0.182 e. The molecule has 1 aliphatic carbocycles. The highest BCUT2D eigenvalue weighted by atomic mass is 32.2. The number of nitrogens with two attached hydrogens (primary N) is 1. The van der Waals surface area contributed by atoms with Crippen molar-refractivity contribution in [1.82, 2.24) is 0 Å². The van der Waals surface area contributed by atoms with Gasteiger partial charge < -0.3 is 15.2 Å². The van der Waals surface area contributed by atoms with Crippen molar-refractivity contribution in [3.8, 4) is 5.75 Å². The zero-order valence-corrected chi connectivity index (χ0v) is 17.8. The third-order valence-electron chi connectivity index (χ3n) is 5.42. The third-order valence-corrected chi connectivity index (χ3v) is 8.09. The van der Waals surface area contributed by atoms with Gasteiger partial charge in [-0.2, -0.15) is 0 Å². The first-order chi connectivity index (χ1) is 13.3. The van der Waals surface area contributed by atoms with E-state index >= 15 is 0 Å². The lowest BCUT2D eigenvalue weighted by molar-refractivity contribution is 0.121. The number of aryl methyl sites for hydroxylation is 1. The molecule has 28 heavy (non-hydrogen) atoms. The summed E-state index contributed by atoms with van der Waals surface area (Å²) < 4.78 is 37.9. The number of methoxy groups -OCH3 is 1. The van der Waals surface area contributed by atoms with Crippen LogP contribution in [0.1, 0.15) is 24.0 Å². The van der Waals surface area contributed by atoms with Crippen molar-refractivity contribution >= 4 is 27.0 Å². The predicted octanol–water partition coefficient (Wildman–Crippen LogP) is 3.25. The number of ether oxygens (including phenoxy) is 2. The second-order valence-corrected chi connectivity index (χ2v) is 9.58. The molecule has 0 radical (unpaired) electrons. The largest absolute Gasteiger partial charge is 0.497 e. The van der Waals surface area contributed by atoms with E-state index in [2.05, 4.69) is 0 Å². The molecule has 3 atom stereocenters. The lowest BCUT2D eigenvalue weighted by Gasteiger charge is -2.17. The van der Waals surface area contributed by atoms with E-state index in [1.807, 2.05) is 38.1 Å². The van der Waals surface area contributed by atoms with Crippen molar-refractivity contribution in [2.24, 2.45) is 11.1 Å². The van der Waals surface area contributed by atoms with Crippen LogP contribution in [0.5, 0.6) is 5.75 Å². The fourth-order valence-corrected chi connectivity index (χ4v) is 6.60. The van der Waals surface area contributed by atoms with E-state index < -0.39 is 20.5 Å². The van der Waals surface area contributed by atoms with Crippen LogP contribution >= 0.6 is 12.2 Å². The summed E-state index contributed by atoms with van der Waals surface area (Å²) in [4.78, 5) is 0.443. The lowest BCUT2D eigenvalue weighted by Crippen LogP contribution is -2.33. The second kappa shape index (κ2) is 7.81. The van der Waals surface area contributed by atoms with Gasteiger partial charge in [0.05, 0.1) is 34.3 Å². The van der Waals surface area contributed by atoms with E-state index in [4.69, 9.17) is 27.4 Å². The maximum Gasteiger partial charge on any atom is 0.182 e. The highest BCUT2D eigenvalue weighted by molar-refractivity contribution is 7.92. The zero-order chi connectivity index (χ0) is 20.5. The van der Waals surface area contributed by atoms with Gasteiger partial charge in [-0.15, -0.1) is 0 Å². The molecule has 0 aromatic heterocycles. The van der Waals surface area contributed by atoms with E-state index in [1.54, 1.807) is 31.4 Å². The van der Waals surface area contributed by atoms with Crippen LogP contribution in [0.4, 0.5) is 0 Å². The first kappa shape index (κ1) is 20.8. The molecular weight excluding hydrogens is 394 g/mol. The molecular formula is C21H25NO4S2. The SMILES string of the molecule is CCOC[C@]1(C(N)=S)[C@H](c2ccc(OC)cc2)[C@@H]1S(=O)(=O)c1ccc(C)cc1. The summed E-state index contributed by atoms with van der Waals surface area (Å²) in [6, 6.07) is 14.2. The van der Waals surface area contributed by atoms with Gasteiger partial charge in [0, 0.05) is 12.5 Å². The Kier molecular flexibility index (Phi) is 5.79. The number of sulfone groups is 1. The minimum Gasteiger partial charge on any atom is -0.497 e. The summed E-state index contributed by atoms with van der Waals surface area (Å²) in [7, 11) is -2.07. The maximum atomic E-state index is 13.5. The molecule has 150 valence electrons. The molecule has 0 saturated heterocycles. The Hall–Kier alpha value is -1.96. The van der Waals surface area contributed by atoms with E-state index in [0.29, 0.717) is 12.4 Å². The van der Waals surface area contributed by atoms with Gasteiger partial charge in [-0.3, -0.25) is 0 Å². The molecule has 1 saturated carbocycles. The minimum absolute atomic E-state index is 0.169. The molecule has 7 heteroatoms. The van der Waals surface area contributed by atoms with Crippen molar-refractivity contribution in [2.75, 3.05) is 20.3 Å². The molecule has 1 aliphatic rings. The van der Waals surface area contributed by atoms with Crippen LogP contribution in [0.2, 0.25) is 0 Å². The summed E-state index contributed by atoms with van der Waals surface area (Å²) in [5.41, 5.74) is 7.03. The van der Waals surface area contributed by atoms with Crippen molar-refractivity contribution in [3.05, 3.63) is 59.7 Å². The topological polar surface area (TPSA) is 78.6 Å². The first-order valence-corrected chi connectivity index (χ1v) is 11.1. The van der Waals surface area contributed by atoms with Crippen molar-refractivity contribution in [2.45, 2.75) is 29.9 Å². The Labute approximate surface area is 171 Å². The Morgan fingerprint density at radius 3 is 2.25 bits per heavy atom. The highest BCUT2D eigenvalue weighted by Gasteiger charge is 2.73. The third kappa shape index (κ3) is 3.43. The quantitative estimate of drug-likeness (QED) is 0.662. The molecule has 2 N–H and O–H groups in total. The lowest BCUT2D eigenvalue weighted by atomic mass is 10.00. The van der Waals surface area contributed by atoms with E-state index in [0.717, 1.165) is 11.1 Å². The fourth-order valence-electron chi connectivity index (χ4n) is 3.83. The molecule has 3 rings (SSSR count). The van der Waals surface area contributed by atoms with E-state index in [9.17, 15) is 8.42 Å². The Balaban J connectivity index is 2.08. The van der Waals surface area contributed by atoms with Crippen LogP contribution in [0.3, 0.4) is 0 Å². The van der Waals surface area contributed by atoms with Gasteiger partial charge in [-0.05, 0) is 43.7 Å². The molecule has 1 fully saturated rings. The van der Waals surface area contributed by atoms with Gasteiger partial charge in [-0.25, -0.2) is 8.42 Å². The Morgan fingerprint density at radius 1 is 1.14 bits per heavy atom. The Morgan fingerprint density at radius 2 is 1.75 bits per heavy atom. The van der Waals surface area contributed by atoms with Gasteiger partial charge in [0.2, 0.25) is 0 Å². The van der Waals surface area contributed by atoms with Gasteiger partial charge in [0.15, 0.2) is 9.84 Å². The van der Waals surface area contributed by atoms with Crippen LogP contribution in [-0.4, -0.2) is 39.0 Å². The second-order valence-electron chi connectivity index (χ2n) is 7.07. The molecule has 0 bridgehead atoms. The molecule has 0 spiro atoms. The fraction of sp³-hybridized carbons (Fsp3) is 0.381. The summed E-state index contributed by atoms with van der Waals surface area (Å²) in [5, 5.41) is -0.764. The summed E-state index contributed by atoms with van der Waals surface area (Å²) in [6.07, 6.45) is 0. The molecule has 0 heterocycles. The molecule has 2 aromatic carbocycles. The maximum absolute atomic E-state index is 13.5. The average molecular weight is 420 g/mol. The summed E-state index contributed by atoms with van der Waals surface area (Å²) >= 11 is 5.36. The number of hydrogen-bond acceptors (Lipinski definition) is 5. The van der Waals surface area contributed by atoms with Crippen molar-refractivity contribution in [3.63, 3.8) is 0 Å². The molecule has 0 amide bonds. The summed E-state index contributed by atoms with van der Waals surface area (Å²) in [6.45, 7) is 4.41. The Bertz CT molecular complexity index is 955. The number of benzene rings is 2. The van der Waals surface area contributed by atoms with Crippen molar-refractivity contribution < 1.29 is 17.9 Å². The van der Waals surface area contributed by atoms with Crippen LogP contribution in [0.15, 0.2) is 53.4 Å². The van der Waals surface area contributed by atoms with Gasteiger partial charge in [0.1, 0.15) is 5.75 Å². The van der Waals surface area contributed by atoms with Gasteiger partial charge in [0.25, 0.3) is 0 Å². The predicted molar refractivity (Wildman–Crippen MR) is 114 cm³/mol. The minimum atomic E-state index is -3.66. The molecule has 5 nitrogen and oxygen atoms in total. The van der Waals surface area contributed by atoms with Gasteiger partial charge in [-0.1, -0.05) is 42.0 Å². The van der Waals surface area contributed by atoms with Crippen LogP contribution < -0.4 is 10.5 Å². The monoisotopic (exact) mass is 419 g/mol. The number of rotatable bonds is 8. The number of hydrogen-bond donors (Lipinski definition) is 1. The van der Waals surface area contributed by atoms with Crippen molar-refractivity contribution in [1.29, 1.82) is 0 Å². The normalized spacial score (nSPS) is 24.0.